The second-order valence-electron chi connectivity index (χ2n) is 8.02. The number of aromatic nitrogens is 2. The molecule has 0 spiro atoms. The number of carbonyl (C=O) groups excluding carboxylic acids is 1. The van der Waals surface area contributed by atoms with Crippen molar-refractivity contribution in [3.05, 3.63) is 76.4 Å². The number of hydrogen-bond donors (Lipinski definition) is 1. The summed E-state index contributed by atoms with van der Waals surface area (Å²) in [5.41, 5.74) is 0.741. The summed E-state index contributed by atoms with van der Waals surface area (Å²) in [7, 11) is -3.52. The summed E-state index contributed by atoms with van der Waals surface area (Å²) < 4.78 is 28.0. The summed E-state index contributed by atoms with van der Waals surface area (Å²) in [6, 6.07) is 17.1. The minimum absolute atomic E-state index is 0.195. The summed E-state index contributed by atoms with van der Waals surface area (Å²) in [6.45, 7) is 0.791. The average molecular weight is 495 g/mol. The van der Waals surface area contributed by atoms with Gasteiger partial charge in [-0.05, 0) is 54.6 Å². The van der Waals surface area contributed by atoms with Crippen LogP contribution in [0.5, 0.6) is 0 Å². The predicted molar refractivity (Wildman–Crippen MR) is 132 cm³/mol. The summed E-state index contributed by atoms with van der Waals surface area (Å²) in [5.74, 6) is -0.433. The van der Waals surface area contributed by atoms with Gasteiger partial charge in [-0.3, -0.25) is 9.59 Å². The molecule has 34 heavy (non-hydrogen) atoms. The molecule has 1 N–H and O–H groups in total. The maximum atomic E-state index is 13.0. The van der Waals surface area contributed by atoms with Crippen molar-refractivity contribution in [2.45, 2.75) is 24.3 Å². The Bertz CT molecular complexity index is 1510. The van der Waals surface area contributed by atoms with Crippen LogP contribution in [-0.2, 0) is 21.4 Å². The maximum Gasteiger partial charge on any atom is 0.275 e. The molecule has 8 nitrogen and oxygen atoms in total. The van der Waals surface area contributed by atoms with Crippen molar-refractivity contribution in [2.75, 3.05) is 18.4 Å². The van der Waals surface area contributed by atoms with E-state index in [1.807, 2.05) is 29.6 Å². The third-order valence-electron chi connectivity index (χ3n) is 5.76. The van der Waals surface area contributed by atoms with E-state index >= 15 is 0 Å². The molecule has 174 valence electrons. The zero-order valence-corrected chi connectivity index (χ0v) is 19.8. The number of rotatable bonds is 6. The standard InChI is InChI=1S/C24H22N4O4S2/c29-22(25-17-9-11-18(12-10-17)34(31,32)27-13-3-4-14-27)16-28-24(30)20-7-2-1-6-19(20)23(26-28)21-8-5-15-33-21/h1-2,5-12,15H,3-4,13-14,16H2,(H,25,29). The first kappa shape index (κ1) is 22.5. The van der Waals surface area contributed by atoms with E-state index in [0.717, 1.165) is 23.1 Å². The van der Waals surface area contributed by atoms with E-state index in [9.17, 15) is 18.0 Å². The van der Waals surface area contributed by atoms with Crippen molar-refractivity contribution >= 4 is 43.7 Å². The number of fused-ring (bicyclic) bond motifs is 1. The fourth-order valence-corrected chi connectivity index (χ4v) is 6.30. The second kappa shape index (κ2) is 9.13. The Balaban J connectivity index is 1.37. The molecular weight excluding hydrogens is 472 g/mol. The molecule has 4 aromatic rings. The Morgan fingerprint density at radius 3 is 2.35 bits per heavy atom. The van der Waals surface area contributed by atoms with E-state index in [1.165, 1.54) is 32.5 Å². The fourth-order valence-electron chi connectivity index (χ4n) is 4.06. The van der Waals surface area contributed by atoms with Crippen molar-refractivity contribution in [2.24, 2.45) is 0 Å². The van der Waals surface area contributed by atoms with Gasteiger partial charge in [0, 0.05) is 24.2 Å². The normalized spacial score (nSPS) is 14.5. The van der Waals surface area contributed by atoms with Crippen LogP contribution in [0.3, 0.4) is 0 Å². The van der Waals surface area contributed by atoms with Gasteiger partial charge in [0.1, 0.15) is 12.2 Å². The monoisotopic (exact) mass is 494 g/mol. The van der Waals surface area contributed by atoms with Gasteiger partial charge in [-0.15, -0.1) is 11.3 Å². The van der Waals surface area contributed by atoms with Crippen LogP contribution < -0.4 is 10.9 Å². The smallest absolute Gasteiger partial charge is 0.275 e. The number of carbonyl (C=O) groups is 1. The molecular formula is C24H22N4O4S2. The molecule has 1 saturated heterocycles. The van der Waals surface area contributed by atoms with E-state index in [2.05, 4.69) is 10.4 Å². The molecule has 0 radical (unpaired) electrons. The molecule has 10 heteroatoms. The maximum absolute atomic E-state index is 13.0. The molecule has 2 aromatic carbocycles. The van der Waals surface area contributed by atoms with Crippen molar-refractivity contribution in [3.63, 3.8) is 0 Å². The van der Waals surface area contributed by atoms with E-state index in [-0.39, 0.29) is 17.0 Å². The van der Waals surface area contributed by atoms with Gasteiger partial charge in [-0.2, -0.15) is 9.40 Å². The number of nitrogens with one attached hydrogen (secondary N) is 1. The molecule has 3 heterocycles. The van der Waals surface area contributed by atoms with E-state index < -0.39 is 15.9 Å². The predicted octanol–water partition coefficient (Wildman–Crippen LogP) is 3.55. The molecule has 0 atom stereocenters. The highest BCUT2D eigenvalue weighted by atomic mass is 32.2. The number of hydrogen-bond acceptors (Lipinski definition) is 6. The van der Waals surface area contributed by atoms with Crippen LogP contribution in [0.15, 0.2) is 75.7 Å². The third kappa shape index (κ3) is 4.27. The molecule has 0 saturated carbocycles. The molecule has 1 aliphatic rings. The van der Waals surface area contributed by atoms with Crippen molar-refractivity contribution < 1.29 is 13.2 Å². The van der Waals surface area contributed by atoms with Gasteiger partial charge in [0.25, 0.3) is 5.56 Å². The summed E-state index contributed by atoms with van der Waals surface area (Å²) in [5, 5.41) is 10.4. The Morgan fingerprint density at radius 2 is 1.68 bits per heavy atom. The van der Waals surface area contributed by atoms with Gasteiger partial charge < -0.3 is 5.32 Å². The van der Waals surface area contributed by atoms with E-state index in [1.54, 1.807) is 24.3 Å². The summed E-state index contributed by atoms with van der Waals surface area (Å²) in [6.07, 6.45) is 1.73. The van der Waals surface area contributed by atoms with Crippen LogP contribution in [0.1, 0.15) is 12.8 Å². The SMILES string of the molecule is O=C(Cn1nc(-c2cccs2)c2ccccc2c1=O)Nc1ccc(S(=O)(=O)N2CCCC2)cc1. The average Bonchev–Trinajstić information content (AvgIpc) is 3.56. The van der Waals surface area contributed by atoms with Gasteiger partial charge in [0.15, 0.2) is 0 Å². The van der Waals surface area contributed by atoms with Crippen LogP contribution in [0, 0.1) is 0 Å². The Labute approximate surface area is 200 Å². The Kier molecular flexibility index (Phi) is 6.03. The molecule has 2 aromatic heterocycles. The van der Waals surface area contributed by atoms with Crippen molar-refractivity contribution in [1.29, 1.82) is 0 Å². The third-order valence-corrected chi connectivity index (χ3v) is 8.55. The number of thiophene rings is 1. The molecule has 0 aliphatic carbocycles. The van der Waals surface area contributed by atoms with Gasteiger partial charge in [0.05, 0.1) is 15.2 Å². The zero-order chi connectivity index (χ0) is 23.7. The topological polar surface area (TPSA) is 101 Å². The molecule has 1 amide bonds. The van der Waals surface area contributed by atoms with Crippen LogP contribution in [0.2, 0.25) is 0 Å². The highest BCUT2D eigenvalue weighted by Gasteiger charge is 2.27. The molecule has 1 fully saturated rings. The van der Waals surface area contributed by atoms with Crippen LogP contribution in [0.25, 0.3) is 21.3 Å². The summed E-state index contributed by atoms with van der Waals surface area (Å²) in [4.78, 5) is 26.8. The molecule has 0 bridgehead atoms. The van der Waals surface area contributed by atoms with Gasteiger partial charge >= 0.3 is 0 Å². The lowest BCUT2D eigenvalue weighted by Crippen LogP contribution is -2.30. The minimum atomic E-state index is -3.52. The van der Waals surface area contributed by atoms with E-state index in [0.29, 0.717) is 29.9 Å². The molecule has 5 rings (SSSR count). The van der Waals surface area contributed by atoms with Crippen LogP contribution in [-0.4, -0.2) is 41.5 Å². The Hall–Kier alpha value is -3.34. The lowest BCUT2D eigenvalue weighted by Gasteiger charge is -2.15. The van der Waals surface area contributed by atoms with Crippen LogP contribution in [0.4, 0.5) is 5.69 Å². The van der Waals surface area contributed by atoms with Gasteiger partial charge in [-0.1, -0.05) is 24.3 Å². The quantitative estimate of drug-likeness (QED) is 0.442. The Morgan fingerprint density at radius 1 is 0.971 bits per heavy atom. The van der Waals surface area contributed by atoms with E-state index in [4.69, 9.17) is 0 Å². The van der Waals surface area contributed by atoms with Crippen LogP contribution >= 0.6 is 11.3 Å². The first-order valence-electron chi connectivity index (χ1n) is 10.9. The summed E-state index contributed by atoms with van der Waals surface area (Å²) >= 11 is 1.51. The highest BCUT2D eigenvalue weighted by molar-refractivity contribution is 7.89. The number of sulfonamides is 1. The molecule has 0 unspecified atom stereocenters. The largest absolute Gasteiger partial charge is 0.324 e. The first-order chi connectivity index (χ1) is 16.4. The van der Waals surface area contributed by atoms with Gasteiger partial charge in [0.2, 0.25) is 15.9 Å². The number of anilines is 1. The lowest BCUT2D eigenvalue weighted by molar-refractivity contribution is -0.117. The first-order valence-corrected chi connectivity index (χ1v) is 13.2. The lowest BCUT2D eigenvalue weighted by atomic mass is 10.1. The van der Waals surface area contributed by atoms with Gasteiger partial charge in [-0.25, -0.2) is 13.1 Å². The van der Waals surface area contributed by atoms with Crippen molar-refractivity contribution in [1.82, 2.24) is 14.1 Å². The van der Waals surface area contributed by atoms with Crippen molar-refractivity contribution in [3.8, 4) is 10.6 Å². The number of benzene rings is 2. The molecule has 1 aliphatic heterocycles. The number of amides is 1. The zero-order valence-electron chi connectivity index (χ0n) is 18.2. The fraction of sp³-hybridized carbons (Fsp3) is 0.208. The number of nitrogens with zero attached hydrogens (tertiary/aromatic N) is 3. The highest BCUT2D eigenvalue weighted by Crippen LogP contribution is 2.28. The second-order valence-corrected chi connectivity index (χ2v) is 10.9. The minimum Gasteiger partial charge on any atom is -0.324 e.